The number of aliphatic hydroxyl groups excluding tert-OH is 1. The monoisotopic (exact) mass is 354 g/mol. The van der Waals surface area contributed by atoms with Crippen LogP contribution in [-0.2, 0) is 6.42 Å². The predicted molar refractivity (Wildman–Crippen MR) is 99.8 cm³/mol. The molecule has 1 atom stereocenters. The van der Waals surface area contributed by atoms with Crippen molar-refractivity contribution in [2.24, 2.45) is 0 Å². The van der Waals surface area contributed by atoms with E-state index in [2.05, 4.69) is 0 Å². The van der Waals surface area contributed by atoms with Gasteiger partial charge in [0.2, 0.25) is 0 Å². The second kappa shape index (κ2) is 9.94. The standard InChI is InChI=1S/C21H28O4/c1-16-7-6-10-19(13-16)25-15-18(22)9-5-4-8-17-11-12-20(23-2)21(14-17)24-3/h6-7,10-14,18,22H,4-5,8-9,15H2,1-3H3/i2D3,3D3,4D2,15D2. The highest BCUT2D eigenvalue weighted by atomic mass is 16.5. The molecule has 4 heteroatoms. The first-order valence-corrected chi connectivity index (χ1v) is 7.80. The van der Waals surface area contributed by atoms with Gasteiger partial charge in [-0.15, -0.1) is 0 Å². The summed E-state index contributed by atoms with van der Waals surface area (Å²) in [4.78, 5) is 0. The van der Waals surface area contributed by atoms with E-state index in [-0.39, 0.29) is 36.5 Å². The fourth-order valence-electron chi connectivity index (χ4n) is 2.17. The van der Waals surface area contributed by atoms with Gasteiger partial charge < -0.3 is 19.3 Å². The molecular weight excluding hydrogens is 316 g/mol. The minimum atomic E-state index is -2.89. The summed E-state index contributed by atoms with van der Waals surface area (Å²) in [6, 6.07) is 10.4. The van der Waals surface area contributed by atoms with Crippen molar-refractivity contribution in [3.05, 3.63) is 53.6 Å². The molecule has 0 saturated heterocycles. The Bertz CT molecular complexity index is 989. The summed E-state index contributed by atoms with van der Waals surface area (Å²) in [7, 11) is -5.74. The van der Waals surface area contributed by atoms with Crippen molar-refractivity contribution < 1.29 is 33.0 Å². The van der Waals surface area contributed by atoms with Crippen molar-refractivity contribution in [3.63, 3.8) is 0 Å². The Morgan fingerprint density at radius 2 is 1.96 bits per heavy atom. The summed E-state index contributed by atoms with van der Waals surface area (Å²) in [6.07, 6.45) is -4.29. The molecule has 0 bridgehead atoms. The van der Waals surface area contributed by atoms with Crippen molar-refractivity contribution in [3.8, 4) is 17.2 Å². The molecule has 0 radical (unpaired) electrons. The van der Waals surface area contributed by atoms with Crippen LogP contribution in [0.1, 0.15) is 44.0 Å². The molecule has 136 valence electrons. The van der Waals surface area contributed by atoms with Gasteiger partial charge in [-0.3, -0.25) is 0 Å². The molecule has 0 amide bonds. The van der Waals surface area contributed by atoms with Gasteiger partial charge in [-0.1, -0.05) is 24.6 Å². The van der Waals surface area contributed by atoms with Gasteiger partial charge in [0.25, 0.3) is 0 Å². The van der Waals surface area contributed by atoms with Crippen LogP contribution >= 0.6 is 0 Å². The van der Waals surface area contributed by atoms with Crippen LogP contribution in [0.3, 0.4) is 0 Å². The van der Waals surface area contributed by atoms with Gasteiger partial charge in [-0.2, -0.15) is 0 Å². The number of hydrogen-bond donors (Lipinski definition) is 1. The molecule has 2 rings (SSSR count). The van der Waals surface area contributed by atoms with Gasteiger partial charge in [-0.05, 0) is 61.5 Å². The number of aryl methyl sites for hydroxylation is 2. The number of ether oxygens (including phenoxy) is 3. The Morgan fingerprint density at radius 3 is 2.76 bits per heavy atom. The van der Waals surface area contributed by atoms with Crippen molar-refractivity contribution in [1.29, 1.82) is 0 Å². The Balaban J connectivity index is 2.09. The first-order valence-electron chi connectivity index (χ1n) is 12.8. The van der Waals surface area contributed by atoms with Gasteiger partial charge in [-0.25, -0.2) is 0 Å². The molecule has 2 aromatic carbocycles. The first kappa shape index (κ1) is 9.48. The summed E-state index contributed by atoms with van der Waals surface area (Å²) in [6.45, 7) is -0.650. The zero-order valence-electron chi connectivity index (χ0n) is 23.9. The minimum Gasteiger partial charge on any atom is -0.493 e. The summed E-state index contributed by atoms with van der Waals surface area (Å²) in [5.74, 6) is -0.474. The lowest BCUT2D eigenvalue weighted by Gasteiger charge is -2.13. The Kier molecular flexibility index (Phi) is 3.77. The molecule has 4 nitrogen and oxygen atoms in total. The van der Waals surface area contributed by atoms with Crippen LogP contribution in [0.5, 0.6) is 17.2 Å². The van der Waals surface area contributed by atoms with Crippen molar-refractivity contribution in [2.45, 2.75) is 38.7 Å². The molecule has 0 aliphatic heterocycles. The first-order chi connectivity index (χ1) is 15.9. The molecule has 0 heterocycles. The molecular formula is C21H28O4. The summed E-state index contributed by atoms with van der Waals surface area (Å²) >= 11 is 0. The van der Waals surface area contributed by atoms with Crippen LogP contribution in [0.2, 0.25) is 0 Å². The molecule has 0 aliphatic rings. The third-order valence-corrected chi connectivity index (χ3v) is 3.45. The van der Waals surface area contributed by atoms with Crippen LogP contribution in [0.15, 0.2) is 42.5 Å². The quantitative estimate of drug-likeness (QED) is 0.696. The molecule has 0 spiro atoms. The highest BCUT2D eigenvalue weighted by Crippen LogP contribution is 2.28. The van der Waals surface area contributed by atoms with Crippen LogP contribution in [0.25, 0.3) is 0 Å². The van der Waals surface area contributed by atoms with E-state index < -0.39 is 33.1 Å². The van der Waals surface area contributed by atoms with E-state index in [0.29, 0.717) is 5.56 Å². The van der Waals surface area contributed by atoms with E-state index in [1.165, 1.54) is 18.2 Å². The largest absolute Gasteiger partial charge is 0.493 e. The second-order valence-corrected chi connectivity index (χ2v) is 5.50. The summed E-state index contributed by atoms with van der Waals surface area (Å²) in [5, 5.41) is 10.3. The normalized spacial score (nSPS) is 19.9. The van der Waals surface area contributed by atoms with E-state index in [1.54, 1.807) is 18.2 Å². The van der Waals surface area contributed by atoms with Gasteiger partial charge >= 0.3 is 0 Å². The molecule has 1 N–H and O–H groups in total. The molecule has 0 saturated carbocycles. The molecule has 25 heavy (non-hydrogen) atoms. The lowest BCUT2D eigenvalue weighted by Crippen LogP contribution is -2.17. The van der Waals surface area contributed by atoms with E-state index in [9.17, 15) is 5.11 Å². The maximum Gasteiger partial charge on any atom is 0.160 e. The number of benzene rings is 2. The van der Waals surface area contributed by atoms with Crippen molar-refractivity contribution in [2.75, 3.05) is 20.6 Å². The molecule has 2 aromatic rings. The molecule has 0 aromatic heterocycles. The fraction of sp³-hybridized carbons (Fsp3) is 0.429. The lowest BCUT2D eigenvalue weighted by molar-refractivity contribution is 0.0976. The van der Waals surface area contributed by atoms with Gasteiger partial charge in [0, 0.05) is 2.74 Å². The van der Waals surface area contributed by atoms with Crippen LogP contribution in [0, 0.1) is 6.92 Å². The Morgan fingerprint density at radius 1 is 1.12 bits per heavy atom. The maximum absolute atomic E-state index is 10.3. The predicted octanol–water partition coefficient (Wildman–Crippen LogP) is 4.16. The lowest BCUT2D eigenvalue weighted by atomic mass is 10.0. The SMILES string of the molecule is [2H]C([2H])(CCC(O)C([2H])([2H])Oc1cccc(C)c1)Cc1ccc(OC([2H])([2H])[2H])c(OC([2H])([2H])[2H])c1. The number of hydrogen-bond acceptors (Lipinski definition) is 4. The van der Waals surface area contributed by atoms with Gasteiger partial charge in [0.15, 0.2) is 11.5 Å². The zero-order valence-corrected chi connectivity index (χ0v) is 13.9. The smallest absolute Gasteiger partial charge is 0.160 e. The highest BCUT2D eigenvalue weighted by molar-refractivity contribution is 5.42. The average molecular weight is 355 g/mol. The third-order valence-electron chi connectivity index (χ3n) is 3.45. The topological polar surface area (TPSA) is 47.9 Å². The Labute approximate surface area is 164 Å². The van der Waals surface area contributed by atoms with Crippen LogP contribution < -0.4 is 14.2 Å². The average Bonchev–Trinajstić information content (AvgIpc) is 2.65. The molecule has 0 fully saturated rings. The summed E-state index contributed by atoms with van der Waals surface area (Å²) < 4.78 is 90.9. The Hall–Kier alpha value is -2.20. The van der Waals surface area contributed by atoms with Crippen LogP contribution in [-0.4, -0.2) is 31.8 Å². The zero-order chi connectivity index (χ0) is 26.7. The van der Waals surface area contributed by atoms with Crippen molar-refractivity contribution >= 4 is 0 Å². The molecule has 1 unspecified atom stereocenters. The number of aliphatic hydroxyl groups is 1. The second-order valence-electron chi connectivity index (χ2n) is 5.50. The van der Waals surface area contributed by atoms with Crippen LogP contribution in [0.4, 0.5) is 0 Å². The van der Waals surface area contributed by atoms with E-state index in [1.807, 2.05) is 13.0 Å². The number of rotatable bonds is 10. The number of methoxy groups -OCH3 is 2. The highest BCUT2D eigenvalue weighted by Gasteiger charge is 2.07. The van der Waals surface area contributed by atoms with Crippen molar-refractivity contribution in [1.82, 2.24) is 0 Å². The van der Waals surface area contributed by atoms with E-state index >= 15 is 0 Å². The molecule has 0 aliphatic carbocycles. The summed E-state index contributed by atoms with van der Waals surface area (Å²) in [5.41, 5.74) is 1.14. The minimum absolute atomic E-state index is 0.234. The maximum atomic E-state index is 10.3. The van der Waals surface area contributed by atoms with Gasteiger partial charge in [0.05, 0.1) is 31.1 Å². The van der Waals surface area contributed by atoms with E-state index in [0.717, 1.165) is 5.56 Å². The fourth-order valence-corrected chi connectivity index (χ4v) is 2.17. The third kappa shape index (κ3) is 6.31. The van der Waals surface area contributed by atoms with Gasteiger partial charge in [0.1, 0.15) is 12.3 Å². The van der Waals surface area contributed by atoms with E-state index in [4.69, 9.17) is 27.9 Å².